The van der Waals surface area contributed by atoms with Crippen LogP contribution in [-0.2, 0) is 19.5 Å². The molecule has 2 heterocycles. The monoisotopic (exact) mass is 332 g/mol. The van der Waals surface area contributed by atoms with Crippen LogP contribution in [0.5, 0.6) is 0 Å². The molecular weight excluding hydrogens is 316 g/mol. The average molecular weight is 333 g/mol. The number of nitrogens with two attached hydrogens (primary N) is 1. The minimum Gasteiger partial charge on any atom is -0.384 e. The summed E-state index contributed by atoms with van der Waals surface area (Å²) < 4.78 is 1.17. The maximum Gasteiger partial charge on any atom is 0.144 e. The molecular formula is C15H17BrN4. The highest BCUT2D eigenvalue weighted by molar-refractivity contribution is 9.10. The number of benzene rings is 1. The van der Waals surface area contributed by atoms with Crippen molar-refractivity contribution in [1.82, 2.24) is 14.9 Å². The Bertz CT molecular complexity index is 642. The fraction of sp³-hybridized carbons (Fsp3) is 0.333. The summed E-state index contributed by atoms with van der Waals surface area (Å²) in [6.07, 6.45) is 2.79. The molecule has 0 fully saturated rings. The molecule has 0 saturated heterocycles. The van der Waals surface area contributed by atoms with Crippen molar-refractivity contribution in [3.05, 3.63) is 51.4 Å². The maximum atomic E-state index is 5.71. The lowest BCUT2D eigenvalue weighted by molar-refractivity contribution is 0.239. The molecule has 3 rings (SSSR count). The highest BCUT2D eigenvalue weighted by Gasteiger charge is 2.19. The Morgan fingerprint density at radius 3 is 3.05 bits per heavy atom. The standard InChI is InChI=1S/C15H17BrN4/c1-10-6-12(16)7-11-3-5-20(8-13(10)11)9-15-18-4-2-14(17)19-15/h2,4,6-7H,3,5,8-9H2,1H3,(H2,17,18,19). The van der Waals surface area contributed by atoms with E-state index in [9.17, 15) is 0 Å². The molecule has 0 amide bonds. The average Bonchev–Trinajstić information content (AvgIpc) is 2.39. The van der Waals surface area contributed by atoms with Gasteiger partial charge in [0.15, 0.2) is 0 Å². The van der Waals surface area contributed by atoms with Gasteiger partial charge in [0, 0.05) is 23.8 Å². The van der Waals surface area contributed by atoms with Gasteiger partial charge in [-0.05, 0) is 48.2 Å². The van der Waals surface area contributed by atoms with Gasteiger partial charge in [-0.1, -0.05) is 15.9 Å². The second kappa shape index (κ2) is 5.50. The van der Waals surface area contributed by atoms with Crippen molar-refractivity contribution in [1.29, 1.82) is 0 Å². The second-order valence-corrected chi connectivity index (χ2v) is 6.13. The number of hydrogen-bond acceptors (Lipinski definition) is 4. The third-order valence-electron chi connectivity index (χ3n) is 3.70. The summed E-state index contributed by atoms with van der Waals surface area (Å²) in [5, 5.41) is 0. The van der Waals surface area contributed by atoms with Gasteiger partial charge in [-0.25, -0.2) is 9.97 Å². The van der Waals surface area contributed by atoms with Crippen LogP contribution in [0, 0.1) is 6.92 Å². The van der Waals surface area contributed by atoms with E-state index in [-0.39, 0.29) is 0 Å². The minimum atomic E-state index is 0.535. The largest absolute Gasteiger partial charge is 0.384 e. The van der Waals surface area contributed by atoms with Crippen LogP contribution in [0.1, 0.15) is 22.5 Å². The van der Waals surface area contributed by atoms with Crippen LogP contribution in [0.15, 0.2) is 28.9 Å². The Labute approximate surface area is 127 Å². The zero-order valence-corrected chi connectivity index (χ0v) is 13.0. The Morgan fingerprint density at radius 1 is 1.40 bits per heavy atom. The number of nitrogen functional groups attached to an aromatic ring is 1. The van der Waals surface area contributed by atoms with E-state index in [1.54, 1.807) is 12.3 Å². The van der Waals surface area contributed by atoms with E-state index in [0.717, 1.165) is 31.9 Å². The van der Waals surface area contributed by atoms with Crippen molar-refractivity contribution in [3.8, 4) is 0 Å². The third-order valence-corrected chi connectivity index (χ3v) is 4.16. The molecule has 104 valence electrons. The molecule has 1 aliphatic heterocycles. The van der Waals surface area contributed by atoms with Crippen molar-refractivity contribution >= 4 is 21.7 Å². The first-order chi connectivity index (χ1) is 9.61. The zero-order valence-electron chi connectivity index (χ0n) is 11.4. The topological polar surface area (TPSA) is 55.0 Å². The SMILES string of the molecule is Cc1cc(Br)cc2c1CN(Cc1nccc(N)n1)CC2. The smallest absolute Gasteiger partial charge is 0.144 e. The molecule has 2 aromatic rings. The molecule has 0 saturated carbocycles. The summed E-state index contributed by atoms with van der Waals surface area (Å²) in [6, 6.07) is 6.13. The van der Waals surface area contributed by atoms with E-state index < -0.39 is 0 Å². The van der Waals surface area contributed by atoms with Gasteiger partial charge in [0.25, 0.3) is 0 Å². The third kappa shape index (κ3) is 2.83. The van der Waals surface area contributed by atoms with Crippen LogP contribution in [0.4, 0.5) is 5.82 Å². The normalized spacial score (nSPS) is 15.1. The number of aryl methyl sites for hydroxylation is 1. The van der Waals surface area contributed by atoms with Gasteiger partial charge in [0.2, 0.25) is 0 Å². The molecule has 0 radical (unpaired) electrons. The quantitative estimate of drug-likeness (QED) is 0.918. The summed E-state index contributed by atoms with van der Waals surface area (Å²) in [7, 11) is 0. The van der Waals surface area contributed by atoms with E-state index in [1.165, 1.54) is 21.2 Å². The lowest BCUT2D eigenvalue weighted by atomic mass is 9.95. The minimum absolute atomic E-state index is 0.535. The number of aromatic nitrogens is 2. The molecule has 1 aromatic carbocycles. The molecule has 0 bridgehead atoms. The first-order valence-corrected chi connectivity index (χ1v) is 7.49. The molecule has 4 nitrogen and oxygen atoms in total. The fourth-order valence-electron chi connectivity index (χ4n) is 2.70. The van der Waals surface area contributed by atoms with Crippen LogP contribution in [-0.4, -0.2) is 21.4 Å². The van der Waals surface area contributed by atoms with Gasteiger partial charge < -0.3 is 5.73 Å². The van der Waals surface area contributed by atoms with Crippen LogP contribution in [0.2, 0.25) is 0 Å². The lowest BCUT2D eigenvalue weighted by Gasteiger charge is -2.29. The summed E-state index contributed by atoms with van der Waals surface area (Å²) in [5.41, 5.74) is 9.93. The van der Waals surface area contributed by atoms with Crippen LogP contribution >= 0.6 is 15.9 Å². The molecule has 0 atom stereocenters. The fourth-order valence-corrected chi connectivity index (χ4v) is 3.32. The predicted octanol–water partition coefficient (Wildman–Crippen LogP) is 2.69. The van der Waals surface area contributed by atoms with E-state index in [0.29, 0.717) is 5.82 Å². The number of fused-ring (bicyclic) bond motifs is 1. The molecule has 20 heavy (non-hydrogen) atoms. The highest BCUT2D eigenvalue weighted by atomic mass is 79.9. The number of nitrogens with zero attached hydrogens (tertiary/aromatic N) is 3. The van der Waals surface area contributed by atoms with Gasteiger partial charge >= 0.3 is 0 Å². The first kappa shape index (κ1) is 13.5. The van der Waals surface area contributed by atoms with Gasteiger partial charge in [0.05, 0.1) is 6.54 Å². The predicted molar refractivity (Wildman–Crippen MR) is 83.1 cm³/mol. The van der Waals surface area contributed by atoms with Crippen molar-refractivity contribution in [2.45, 2.75) is 26.4 Å². The van der Waals surface area contributed by atoms with E-state index >= 15 is 0 Å². The van der Waals surface area contributed by atoms with E-state index in [2.05, 4.69) is 49.9 Å². The second-order valence-electron chi connectivity index (χ2n) is 5.22. The molecule has 0 unspecified atom stereocenters. The molecule has 1 aliphatic rings. The number of anilines is 1. The van der Waals surface area contributed by atoms with Crippen molar-refractivity contribution in [2.24, 2.45) is 0 Å². The maximum absolute atomic E-state index is 5.71. The first-order valence-electron chi connectivity index (χ1n) is 6.69. The Kier molecular flexibility index (Phi) is 3.72. The molecule has 5 heteroatoms. The van der Waals surface area contributed by atoms with Gasteiger partial charge in [-0.15, -0.1) is 0 Å². The van der Waals surface area contributed by atoms with E-state index in [1.807, 2.05) is 0 Å². The number of rotatable bonds is 2. The van der Waals surface area contributed by atoms with Crippen LogP contribution < -0.4 is 5.73 Å². The van der Waals surface area contributed by atoms with Gasteiger partial charge in [0.1, 0.15) is 11.6 Å². The van der Waals surface area contributed by atoms with Crippen molar-refractivity contribution < 1.29 is 0 Å². The Hall–Kier alpha value is -1.46. The highest BCUT2D eigenvalue weighted by Crippen LogP contribution is 2.26. The molecule has 1 aromatic heterocycles. The molecule has 0 spiro atoms. The van der Waals surface area contributed by atoms with Crippen molar-refractivity contribution in [3.63, 3.8) is 0 Å². The van der Waals surface area contributed by atoms with E-state index in [4.69, 9.17) is 5.73 Å². The van der Waals surface area contributed by atoms with Gasteiger partial charge in [-0.3, -0.25) is 4.90 Å². The summed E-state index contributed by atoms with van der Waals surface area (Å²) >= 11 is 3.57. The molecule has 2 N–H and O–H groups in total. The Morgan fingerprint density at radius 2 is 2.25 bits per heavy atom. The summed E-state index contributed by atoms with van der Waals surface area (Å²) in [6.45, 7) is 4.90. The van der Waals surface area contributed by atoms with Crippen LogP contribution in [0.3, 0.4) is 0 Å². The number of hydrogen-bond donors (Lipinski definition) is 1. The number of halogens is 1. The molecule has 0 aliphatic carbocycles. The Balaban J connectivity index is 1.79. The lowest BCUT2D eigenvalue weighted by Crippen LogP contribution is -2.31. The van der Waals surface area contributed by atoms with Gasteiger partial charge in [-0.2, -0.15) is 0 Å². The summed E-state index contributed by atoms with van der Waals surface area (Å²) in [5.74, 6) is 1.33. The zero-order chi connectivity index (χ0) is 14.1. The summed E-state index contributed by atoms with van der Waals surface area (Å²) in [4.78, 5) is 10.9. The van der Waals surface area contributed by atoms with Crippen molar-refractivity contribution in [2.75, 3.05) is 12.3 Å². The van der Waals surface area contributed by atoms with Crippen LogP contribution in [0.25, 0.3) is 0 Å².